The van der Waals surface area contributed by atoms with E-state index in [1.54, 1.807) is 0 Å². The van der Waals surface area contributed by atoms with Gasteiger partial charge in [0.15, 0.2) is 0 Å². The van der Waals surface area contributed by atoms with Gasteiger partial charge < -0.3 is 8.37 Å². The molecule has 4 rings (SSSR count). The van der Waals surface area contributed by atoms with E-state index in [-0.39, 0.29) is 36.2 Å². The van der Waals surface area contributed by atoms with E-state index < -0.39 is 59.6 Å². The van der Waals surface area contributed by atoms with Crippen LogP contribution in [0.3, 0.4) is 0 Å². The van der Waals surface area contributed by atoms with E-state index in [4.69, 9.17) is 0 Å². The first-order valence-corrected chi connectivity index (χ1v) is 14.1. The number of ketones is 2. The summed E-state index contributed by atoms with van der Waals surface area (Å²) in [6, 6.07) is 0. The standard InChI is InChI=1S/C21H30O9S2/c1-18(2)13-5-7-20(18,15(22)9-13)11-31(25,26)29-17(24)30-32(27,28)12-21-8-6-14(10-16(21)23)19(21,3)4/h13-14H,5-12H2,1-4H3. The minimum Gasteiger partial charge on any atom is -0.311 e. The third-order valence-corrected chi connectivity index (χ3v) is 12.0. The molecular formula is C21H30O9S2. The van der Waals surface area contributed by atoms with E-state index in [0.717, 1.165) is 0 Å². The molecule has 11 heteroatoms. The molecule has 0 aromatic carbocycles. The van der Waals surface area contributed by atoms with Crippen molar-refractivity contribution < 1.29 is 39.6 Å². The molecule has 9 nitrogen and oxygen atoms in total. The second-order valence-corrected chi connectivity index (χ2v) is 14.3. The molecule has 0 aromatic heterocycles. The van der Waals surface area contributed by atoms with E-state index in [1.807, 2.05) is 27.7 Å². The molecule has 4 aliphatic rings. The predicted molar refractivity (Wildman–Crippen MR) is 112 cm³/mol. The molecule has 0 spiro atoms. The molecule has 4 unspecified atom stereocenters. The van der Waals surface area contributed by atoms with Gasteiger partial charge in [0, 0.05) is 12.8 Å². The third kappa shape index (κ3) is 3.17. The fraction of sp³-hybridized carbons (Fsp3) is 0.857. The summed E-state index contributed by atoms with van der Waals surface area (Å²) in [6.45, 7) is 7.34. The summed E-state index contributed by atoms with van der Waals surface area (Å²) in [7, 11) is -9.17. The molecule has 32 heavy (non-hydrogen) atoms. The van der Waals surface area contributed by atoms with Gasteiger partial charge in [-0.2, -0.15) is 16.8 Å². The summed E-state index contributed by atoms with van der Waals surface area (Å²) in [5.74, 6) is -1.62. The first kappa shape index (κ1) is 23.7. The van der Waals surface area contributed by atoms with E-state index in [2.05, 4.69) is 8.37 Å². The minimum absolute atomic E-state index is 0.0688. The molecule has 4 aliphatic carbocycles. The highest BCUT2D eigenvalue weighted by Gasteiger charge is 2.67. The van der Waals surface area contributed by atoms with Crippen molar-refractivity contribution >= 4 is 38.0 Å². The van der Waals surface area contributed by atoms with Crippen molar-refractivity contribution in [3.05, 3.63) is 0 Å². The van der Waals surface area contributed by atoms with Crippen LogP contribution in [0.5, 0.6) is 0 Å². The zero-order valence-electron chi connectivity index (χ0n) is 18.8. The SMILES string of the molecule is CC1(C)C2CCC1(CS(=O)(=O)OC(=O)OS(=O)(=O)CC13CCC(CC1=O)C3(C)C)C(=O)C2. The molecule has 4 bridgehead atoms. The lowest BCUT2D eigenvalue weighted by molar-refractivity contribution is -0.128. The molecule has 0 aromatic rings. The first-order chi connectivity index (χ1) is 14.5. The number of hydrogen-bond acceptors (Lipinski definition) is 9. The maximum Gasteiger partial charge on any atom is 0.540 e. The van der Waals surface area contributed by atoms with Gasteiger partial charge >= 0.3 is 26.4 Å². The molecule has 4 atom stereocenters. The lowest BCUT2D eigenvalue weighted by Crippen LogP contribution is -2.44. The van der Waals surface area contributed by atoms with Gasteiger partial charge in [0.2, 0.25) is 0 Å². The Labute approximate surface area is 188 Å². The summed E-state index contributed by atoms with van der Waals surface area (Å²) in [5, 5.41) is 0. The van der Waals surface area contributed by atoms with Crippen molar-refractivity contribution in [1.29, 1.82) is 0 Å². The second kappa shape index (κ2) is 6.77. The van der Waals surface area contributed by atoms with Crippen LogP contribution < -0.4 is 0 Å². The van der Waals surface area contributed by atoms with Crippen LogP contribution in [-0.4, -0.2) is 46.1 Å². The van der Waals surface area contributed by atoms with Crippen LogP contribution in [0.1, 0.15) is 66.2 Å². The first-order valence-electron chi connectivity index (χ1n) is 10.9. The summed E-state index contributed by atoms with van der Waals surface area (Å²) < 4.78 is 59.3. The average Bonchev–Trinajstić information content (AvgIpc) is 3.12. The Kier molecular flexibility index (Phi) is 5.01. The third-order valence-electron chi connectivity index (χ3n) is 9.51. The van der Waals surface area contributed by atoms with Crippen LogP contribution in [0.25, 0.3) is 0 Å². The maximum absolute atomic E-state index is 12.6. The number of Topliss-reactive ketones (excluding diaryl/α,β-unsaturated/α-hetero) is 2. The normalized spacial score (nSPS) is 37.1. The van der Waals surface area contributed by atoms with Crippen molar-refractivity contribution in [2.24, 2.45) is 33.5 Å². The molecule has 0 saturated heterocycles. The number of hydrogen-bond donors (Lipinski definition) is 0. The Morgan fingerprint density at radius 2 is 1.12 bits per heavy atom. The Balaban J connectivity index is 1.45. The van der Waals surface area contributed by atoms with Crippen LogP contribution in [-0.2, 0) is 38.2 Å². The largest absolute Gasteiger partial charge is 0.540 e. The molecule has 0 N–H and O–H groups in total. The molecule has 0 heterocycles. The fourth-order valence-electron chi connectivity index (χ4n) is 7.10. The Morgan fingerprint density at radius 1 is 0.781 bits per heavy atom. The highest BCUT2D eigenvalue weighted by Crippen LogP contribution is 2.65. The predicted octanol–water partition coefficient (Wildman–Crippen LogP) is 2.59. The van der Waals surface area contributed by atoms with Crippen molar-refractivity contribution in [2.45, 2.75) is 66.2 Å². The van der Waals surface area contributed by atoms with Crippen LogP contribution in [0, 0.1) is 33.5 Å². The van der Waals surface area contributed by atoms with Crippen LogP contribution in [0.15, 0.2) is 0 Å². The fourth-order valence-corrected chi connectivity index (χ4v) is 10.3. The van der Waals surface area contributed by atoms with Gasteiger partial charge in [-0.1, -0.05) is 27.7 Å². The number of carbonyl (C=O) groups is 3. The quantitative estimate of drug-likeness (QED) is 0.514. The Morgan fingerprint density at radius 3 is 1.38 bits per heavy atom. The van der Waals surface area contributed by atoms with Crippen molar-refractivity contribution in [2.75, 3.05) is 11.5 Å². The summed E-state index contributed by atoms with van der Waals surface area (Å²) in [5.41, 5.74) is -3.45. The number of fused-ring (bicyclic) bond motifs is 4. The van der Waals surface area contributed by atoms with E-state index in [1.165, 1.54) is 0 Å². The van der Waals surface area contributed by atoms with Crippen molar-refractivity contribution in [1.82, 2.24) is 0 Å². The van der Waals surface area contributed by atoms with Crippen molar-refractivity contribution in [3.8, 4) is 0 Å². The van der Waals surface area contributed by atoms with Crippen LogP contribution in [0.2, 0.25) is 0 Å². The summed E-state index contributed by atoms with van der Waals surface area (Å²) in [6.07, 6.45) is 0.858. The van der Waals surface area contributed by atoms with Gasteiger partial charge in [-0.15, -0.1) is 0 Å². The van der Waals surface area contributed by atoms with Crippen LogP contribution >= 0.6 is 0 Å². The van der Waals surface area contributed by atoms with E-state index >= 15 is 0 Å². The maximum atomic E-state index is 12.6. The number of rotatable bonds is 6. The molecule has 4 fully saturated rings. The molecule has 180 valence electrons. The van der Waals surface area contributed by atoms with Gasteiger partial charge in [-0.25, -0.2) is 4.79 Å². The molecular weight excluding hydrogens is 460 g/mol. The van der Waals surface area contributed by atoms with E-state index in [0.29, 0.717) is 25.7 Å². The minimum atomic E-state index is -4.58. The van der Waals surface area contributed by atoms with Gasteiger partial charge in [-0.05, 0) is 48.3 Å². The monoisotopic (exact) mass is 490 g/mol. The molecule has 0 amide bonds. The highest BCUT2D eigenvalue weighted by molar-refractivity contribution is 7.88. The zero-order chi connectivity index (χ0) is 24.0. The van der Waals surface area contributed by atoms with E-state index in [9.17, 15) is 31.2 Å². The summed E-state index contributed by atoms with van der Waals surface area (Å²) in [4.78, 5) is 37.3. The molecule has 0 radical (unpaired) electrons. The second-order valence-electron chi connectivity index (χ2n) is 11.2. The molecule has 4 saturated carbocycles. The topological polar surface area (TPSA) is 138 Å². The van der Waals surface area contributed by atoms with Gasteiger partial charge in [0.25, 0.3) is 0 Å². The lowest BCUT2D eigenvalue weighted by Gasteiger charge is -2.36. The average molecular weight is 491 g/mol. The Bertz CT molecular complexity index is 1020. The Hall–Kier alpha value is -1.49. The summed E-state index contributed by atoms with van der Waals surface area (Å²) >= 11 is 0. The van der Waals surface area contributed by atoms with Gasteiger partial charge in [-0.3, -0.25) is 9.59 Å². The highest BCUT2D eigenvalue weighted by atomic mass is 32.2. The van der Waals surface area contributed by atoms with Gasteiger partial charge in [0.05, 0.1) is 22.3 Å². The molecule has 0 aliphatic heterocycles. The van der Waals surface area contributed by atoms with Crippen molar-refractivity contribution in [3.63, 3.8) is 0 Å². The lowest BCUT2D eigenvalue weighted by atomic mass is 9.70. The zero-order valence-corrected chi connectivity index (χ0v) is 20.4. The van der Waals surface area contributed by atoms with Gasteiger partial charge in [0.1, 0.15) is 11.6 Å². The smallest absolute Gasteiger partial charge is 0.311 e. The van der Waals surface area contributed by atoms with Crippen LogP contribution in [0.4, 0.5) is 4.79 Å². The number of carbonyl (C=O) groups excluding carboxylic acids is 3.